The highest BCUT2D eigenvalue weighted by atomic mass is 16.5. The Labute approximate surface area is 110 Å². The first-order valence-corrected chi connectivity index (χ1v) is 6.34. The second-order valence-corrected chi connectivity index (χ2v) is 5.69. The van der Waals surface area contributed by atoms with E-state index in [2.05, 4.69) is 42.2 Å². The molecule has 0 unspecified atom stereocenters. The molecule has 1 N–H and O–H groups in total. The van der Waals surface area contributed by atoms with Crippen LogP contribution in [0, 0.1) is 0 Å². The van der Waals surface area contributed by atoms with Crippen molar-refractivity contribution in [3.05, 3.63) is 30.4 Å². The largest absolute Gasteiger partial charge is 0.375 e. The van der Waals surface area contributed by atoms with Gasteiger partial charge in [0.1, 0.15) is 0 Å². The van der Waals surface area contributed by atoms with Crippen molar-refractivity contribution in [2.75, 3.05) is 13.2 Å². The summed E-state index contributed by atoms with van der Waals surface area (Å²) in [4.78, 5) is 4.19. The van der Waals surface area contributed by atoms with Gasteiger partial charge < -0.3 is 14.6 Å². The Morgan fingerprint density at radius 1 is 1.50 bits per heavy atom. The SMILES string of the molecule is C=C(C)COCCn1cncc1CNC(C)(C)C. The number of ether oxygens (including phenoxy) is 1. The van der Waals surface area contributed by atoms with Crippen molar-refractivity contribution in [2.24, 2.45) is 0 Å². The maximum atomic E-state index is 5.50. The Morgan fingerprint density at radius 2 is 2.22 bits per heavy atom. The zero-order chi connectivity index (χ0) is 13.6. The Balaban J connectivity index is 2.37. The molecule has 1 heterocycles. The van der Waals surface area contributed by atoms with E-state index in [1.807, 2.05) is 19.4 Å². The van der Waals surface area contributed by atoms with Crippen LogP contribution in [0.4, 0.5) is 0 Å². The highest BCUT2D eigenvalue weighted by molar-refractivity contribution is 4.99. The fourth-order valence-corrected chi connectivity index (χ4v) is 1.46. The number of hydrogen-bond donors (Lipinski definition) is 1. The fourth-order valence-electron chi connectivity index (χ4n) is 1.46. The molecule has 0 saturated heterocycles. The first-order chi connectivity index (χ1) is 8.38. The third-order valence-electron chi connectivity index (χ3n) is 2.42. The number of aromatic nitrogens is 2. The highest BCUT2D eigenvalue weighted by Crippen LogP contribution is 2.04. The van der Waals surface area contributed by atoms with Gasteiger partial charge in [-0.3, -0.25) is 0 Å². The molecule has 0 spiro atoms. The van der Waals surface area contributed by atoms with Crippen LogP contribution in [0.3, 0.4) is 0 Å². The molecular weight excluding hydrogens is 226 g/mol. The molecule has 18 heavy (non-hydrogen) atoms. The van der Waals surface area contributed by atoms with E-state index in [0.717, 1.165) is 18.7 Å². The molecule has 0 radical (unpaired) electrons. The monoisotopic (exact) mass is 251 g/mol. The van der Waals surface area contributed by atoms with Gasteiger partial charge in [-0.1, -0.05) is 12.2 Å². The van der Waals surface area contributed by atoms with Gasteiger partial charge in [0.25, 0.3) is 0 Å². The predicted molar refractivity (Wildman–Crippen MR) is 74.5 cm³/mol. The van der Waals surface area contributed by atoms with Crippen LogP contribution in [0.2, 0.25) is 0 Å². The van der Waals surface area contributed by atoms with Crippen molar-refractivity contribution in [1.82, 2.24) is 14.9 Å². The first-order valence-electron chi connectivity index (χ1n) is 6.34. The molecule has 0 aromatic carbocycles. The van der Waals surface area contributed by atoms with Crippen LogP contribution in [-0.2, 0) is 17.8 Å². The number of imidazole rings is 1. The van der Waals surface area contributed by atoms with E-state index >= 15 is 0 Å². The summed E-state index contributed by atoms with van der Waals surface area (Å²) in [6.45, 7) is 15.2. The Kier molecular flexibility index (Phi) is 5.56. The molecule has 0 bridgehead atoms. The quantitative estimate of drug-likeness (QED) is 0.597. The third-order valence-corrected chi connectivity index (χ3v) is 2.42. The van der Waals surface area contributed by atoms with Gasteiger partial charge in [0.05, 0.1) is 25.2 Å². The predicted octanol–water partition coefficient (Wildman–Crippen LogP) is 2.36. The van der Waals surface area contributed by atoms with Gasteiger partial charge in [-0.25, -0.2) is 4.98 Å². The maximum Gasteiger partial charge on any atom is 0.0949 e. The molecule has 0 aliphatic heterocycles. The van der Waals surface area contributed by atoms with Gasteiger partial charge in [-0.2, -0.15) is 0 Å². The van der Waals surface area contributed by atoms with E-state index in [4.69, 9.17) is 4.74 Å². The molecule has 1 rings (SSSR count). The number of hydrogen-bond acceptors (Lipinski definition) is 3. The van der Waals surface area contributed by atoms with E-state index in [-0.39, 0.29) is 5.54 Å². The lowest BCUT2D eigenvalue weighted by Crippen LogP contribution is -2.35. The van der Waals surface area contributed by atoms with Crippen molar-refractivity contribution in [3.63, 3.8) is 0 Å². The molecular formula is C14H25N3O. The highest BCUT2D eigenvalue weighted by Gasteiger charge is 2.10. The lowest BCUT2D eigenvalue weighted by atomic mass is 10.1. The van der Waals surface area contributed by atoms with Crippen molar-refractivity contribution >= 4 is 0 Å². The number of nitrogens with one attached hydrogen (secondary N) is 1. The van der Waals surface area contributed by atoms with Gasteiger partial charge >= 0.3 is 0 Å². The Hall–Kier alpha value is -1.13. The lowest BCUT2D eigenvalue weighted by molar-refractivity contribution is 0.146. The molecule has 0 atom stereocenters. The normalized spacial score (nSPS) is 11.8. The van der Waals surface area contributed by atoms with Gasteiger partial charge in [0, 0.05) is 24.8 Å². The number of rotatable bonds is 7. The molecule has 4 nitrogen and oxygen atoms in total. The third kappa shape index (κ3) is 5.98. The van der Waals surface area contributed by atoms with Crippen LogP contribution < -0.4 is 5.32 Å². The summed E-state index contributed by atoms with van der Waals surface area (Å²) in [5.41, 5.74) is 2.35. The second kappa shape index (κ2) is 6.71. The average Bonchev–Trinajstić information content (AvgIpc) is 2.68. The zero-order valence-electron chi connectivity index (χ0n) is 12.0. The molecule has 102 valence electrons. The average molecular weight is 251 g/mol. The molecule has 0 aliphatic carbocycles. The molecule has 4 heteroatoms. The summed E-state index contributed by atoms with van der Waals surface area (Å²) in [5, 5.41) is 3.46. The van der Waals surface area contributed by atoms with Crippen LogP contribution in [0.15, 0.2) is 24.7 Å². The van der Waals surface area contributed by atoms with Gasteiger partial charge in [0.15, 0.2) is 0 Å². The summed E-state index contributed by atoms with van der Waals surface area (Å²) in [6.07, 6.45) is 3.75. The van der Waals surface area contributed by atoms with E-state index in [9.17, 15) is 0 Å². The van der Waals surface area contributed by atoms with Gasteiger partial charge in [-0.05, 0) is 27.7 Å². The maximum absolute atomic E-state index is 5.50. The topological polar surface area (TPSA) is 39.1 Å². The summed E-state index contributed by atoms with van der Waals surface area (Å²) in [7, 11) is 0. The van der Waals surface area contributed by atoms with Crippen LogP contribution >= 0.6 is 0 Å². The van der Waals surface area contributed by atoms with Gasteiger partial charge in [0.2, 0.25) is 0 Å². The standard InChI is InChI=1S/C14H25N3O/c1-12(2)10-18-7-6-17-11-15-8-13(17)9-16-14(3,4)5/h8,11,16H,1,6-7,9-10H2,2-5H3. The Morgan fingerprint density at radius 3 is 2.83 bits per heavy atom. The number of nitrogens with zero attached hydrogens (tertiary/aromatic N) is 2. The summed E-state index contributed by atoms with van der Waals surface area (Å²) in [6, 6.07) is 0. The minimum Gasteiger partial charge on any atom is -0.375 e. The van der Waals surface area contributed by atoms with E-state index in [1.165, 1.54) is 5.69 Å². The van der Waals surface area contributed by atoms with Crippen LogP contribution in [-0.4, -0.2) is 28.3 Å². The minimum absolute atomic E-state index is 0.117. The fraction of sp³-hybridized carbons (Fsp3) is 0.643. The first kappa shape index (κ1) is 14.9. The summed E-state index contributed by atoms with van der Waals surface area (Å²) in [5.74, 6) is 0. The van der Waals surface area contributed by atoms with E-state index < -0.39 is 0 Å². The Bertz CT molecular complexity index is 377. The summed E-state index contributed by atoms with van der Waals surface area (Å²) >= 11 is 0. The van der Waals surface area contributed by atoms with Crippen LogP contribution in [0.5, 0.6) is 0 Å². The minimum atomic E-state index is 0.117. The molecule has 0 saturated carbocycles. The molecule has 1 aromatic heterocycles. The van der Waals surface area contributed by atoms with Crippen LogP contribution in [0.1, 0.15) is 33.4 Å². The lowest BCUT2D eigenvalue weighted by Gasteiger charge is -2.21. The molecule has 0 amide bonds. The smallest absolute Gasteiger partial charge is 0.0949 e. The second-order valence-electron chi connectivity index (χ2n) is 5.69. The van der Waals surface area contributed by atoms with Crippen molar-refractivity contribution < 1.29 is 4.74 Å². The molecule has 1 aromatic rings. The van der Waals surface area contributed by atoms with Gasteiger partial charge in [-0.15, -0.1) is 0 Å². The molecule has 0 fully saturated rings. The van der Waals surface area contributed by atoms with E-state index in [1.54, 1.807) is 0 Å². The van der Waals surface area contributed by atoms with E-state index in [0.29, 0.717) is 13.2 Å². The van der Waals surface area contributed by atoms with Crippen molar-refractivity contribution in [1.29, 1.82) is 0 Å². The van der Waals surface area contributed by atoms with Crippen molar-refractivity contribution in [3.8, 4) is 0 Å². The zero-order valence-corrected chi connectivity index (χ0v) is 12.0. The summed E-state index contributed by atoms with van der Waals surface area (Å²) < 4.78 is 7.62. The van der Waals surface area contributed by atoms with Crippen LogP contribution in [0.25, 0.3) is 0 Å². The molecule has 0 aliphatic rings. The van der Waals surface area contributed by atoms with Crippen molar-refractivity contribution in [2.45, 2.75) is 46.3 Å².